The van der Waals surface area contributed by atoms with Crippen molar-refractivity contribution in [3.8, 4) is 0 Å². The lowest BCUT2D eigenvalue weighted by molar-refractivity contribution is -0.143. The molecule has 0 fully saturated rings. The fourth-order valence-electron chi connectivity index (χ4n) is 11.6. The molecule has 0 saturated carbocycles. The van der Waals surface area contributed by atoms with Crippen LogP contribution in [-0.4, -0.2) is 47.4 Å². The van der Waals surface area contributed by atoms with E-state index in [1.165, 1.54) is 340 Å². The largest absolute Gasteiger partial charge is 0.466 e. The number of amides is 1. The summed E-state index contributed by atoms with van der Waals surface area (Å²) in [5, 5.41) is 23.2. The average molecular weight is 1130 g/mol. The lowest BCUT2D eigenvalue weighted by atomic mass is 10.0. The van der Waals surface area contributed by atoms with E-state index in [1.807, 2.05) is 6.08 Å². The van der Waals surface area contributed by atoms with Crippen LogP contribution in [0.3, 0.4) is 0 Å². The van der Waals surface area contributed by atoms with Gasteiger partial charge in [0, 0.05) is 12.8 Å². The van der Waals surface area contributed by atoms with Crippen LogP contribution >= 0.6 is 0 Å². The molecule has 0 aromatic heterocycles. The summed E-state index contributed by atoms with van der Waals surface area (Å²) in [5.41, 5.74) is 0. The lowest BCUT2D eigenvalue weighted by Gasteiger charge is -2.20. The molecule has 2 unspecified atom stereocenters. The molecule has 1 amide bonds. The molecule has 0 aromatic carbocycles. The summed E-state index contributed by atoms with van der Waals surface area (Å²) in [6, 6.07) is -0.625. The van der Waals surface area contributed by atoms with Crippen molar-refractivity contribution in [3.05, 3.63) is 24.3 Å². The highest BCUT2D eigenvalue weighted by molar-refractivity contribution is 5.76. The maximum atomic E-state index is 12.5. The molecule has 474 valence electrons. The number of rotatable bonds is 69. The van der Waals surface area contributed by atoms with Crippen molar-refractivity contribution in [1.29, 1.82) is 0 Å². The third kappa shape index (κ3) is 65.5. The van der Waals surface area contributed by atoms with E-state index >= 15 is 0 Å². The van der Waals surface area contributed by atoms with E-state index in [0.29, 0.717) is 19.4 Å². The second kappa shape index (κ2) is 69.8. The second-order valence-corrected chi connectivity index (χ2v) is 25.3. The Hall–Kier alpha value is -1.66. The van der Waals surface area contributed by atoms with Crippen molar-refractivity contribution >= 4 is 11.9 Å². The molecule has 0 radical (unpaired) electrons. The van der Waals surface area contributed by atoms with Gasteiger partial charge < -0.3 is 20.3 Å². The first-order chi connectivity index (χ1) is 39.5. The van der Waals surface area contributed by atoms with Crippen LogP contribution in [0.25, 0.3) is 0 Å². The number of allylic oxidation sites excluding steroid dienone is 3. The van der Waals surface area contributed by atoms with Gasteiger partial charge in [-0.05, 0) is 57.8 Å². The van der Waals surface area contributed by atoms with E-state index in [2.05, 4.69) is 31.3 Å². The minimum Gasteiger partial charge on any atom is -0.466 e. The van der Waals surface area contributed by atoms with Gasteiger partial charge in [0.05, 0.1) is 25.4 Å². The topological polar surface area (TPSA) is 95.9 Å². The second-order valence-electron chi connectivity index (χ2n) is 25.3. The highest BCUT2D eigenvalue weighted by atomic mass is 16.5. The van der Waals surface area contributed by atoms with Gasteiger partial charge in [0.2, 0.25) is 5.91 Å². The number of aliphatic hydroxyl groups is 2. The quantitative estimate of drug-likeness (QED) is 0.0320. The number of carbonyl (C=O) groups is 2. The van der Waals surface area contributed by atoms with Gasteiger partial charge in [-0.15, -0.1) is 0 Å². The van der Waals surface area contributed by atoms with Crippen LogP contribution in [-0.2, 0) is 14.3 Å². The minimum atomic E-state index is -0.842. The van der Waals surface area contributed by atoms with E-state index in [9.17, 15) is 19.8 Å². The summed E-state index contributed by atoms with van der Waals surface area (Å²) in [6.45, 7) is 4.93. The Morgan fingerprint density at radius 1 is 0.338 bits per heavy atom. The first-order valence-electron chi connectivity index (χ1n) is 36.6. The van der Waals surface area contributed by atoms with E-state index in [-0.39, 0.29) is 18.5 Å². The summed E-state index contributed by atoms with van der Waals surface area (Å²) in [4.78, 5) is 24.6. The zero-order chi connectivity index (χ0) is 57.8. The molecular formula is C74H143NO5. The van der Waals surface area contributed by atoms with Crippen LogP contribution in [0.5, 0.6) is 0 Å². The molecule has 0 rings (SSSR count). The molecule has 0 saturated heterocycles. The summed E-state index contributed by atoms with van der Waals surface area (Å²) in [5.74, 6) is -0.0476. The van der Waals surface area contributed by atoms with Crippen LogP contribution < -0.4 is 5.32 Å². The van der Waals surface area contributed by atoms with Crippen molar-refractivity contribution in [1.82, 2.24) is 5.32 Å². The van der Waals surface area contributed by atoms with Gasteiger partial charge >= 0.3 is 5.97 Å². The predicted octanol–water partition coefficient (Wildman–Crippen LogP) is 23.7. The Labute approximate surface area is 501 Å². The number of hydrogen-bond acceptors (Lipinski definition) is 5. The van der Waals surface area contributed by atoms with Gasteiger partial charge in [0.25, 0.3) is 0 Å². The third-order valence-corrected chi connectivity index (χ3v) is 17.2. The number of carbonyl (C=O) groups excluding carboxylic acids is 2. The number of esters is 1. The summed E-state index contributed by atoms with van der Waals surface area (Å²) in [7, 11) is 0. The smallest absolute Gasteiger partial charge is 0.305 e. The standard InChI is InChI=1S/C74H143NO5/c1-3-5-7-9-11-13-15-17-19-20-36-39-42-46-50-54-58-62-66-72(77)71(70-76)75-73(78)67-63-59-55-51-47-43-40-37-34-32-30-28-26-24-22-21-23-25-27-29-31-33-35-38-41-45-49-53-57-61-65-69-80-74(79)68-64-60-56-52-48-44-18-16-14-12-10-8-6-4-2/h16,18,62,66,71-72,76-77H,3-15,17,19-61,63-65,67-70H2,1-2H3,(H,75,78)/b18-16-,66-62+. The third-order valence-electron chi connectivity index (χ3n) is 17.2. The van der Waals surface area contributed by atoms with Gasteiger partial charge in [0.1, 0.15) is 0 Å². The highest BCUT2D eigenvalue weighted by Gasteiger charge is 2.18. The molecule has 3 N–H and O–H groups in total. The van der Waals surface area contributed by atoms with E-state index in [4.69, 9.17) is 4.74 Å². The molecule has 6 nitrogen and oxygen atoms in total. The molecule has 0 aliphatic heterocycles. The molecule has 0 aliphatic rings. The molecular weight excluding hydrogens is 983 g/mol. The molecule has 0 spiro atoms. The van der Waals surface area contributed by atoms with Gasteiger partial charge in [-0.2, -0.15) is 0 Å². The number of unbranched alkanes of at least 4 members (excludes halogenated alkanes) is 56. The van der Waals surface area contributed by atoms with Gasteiger partial charge in [-0.1, -0.05) is 366 Å². The van der Waals surface area contributed by atoms with Crippen molar-refractivity contribution in [3.63, 3.8) is 0 Å². The monoisotopic (exact) mass is 1130 g/mol. The minimum absolute atomic E-state index is 0.0125. The maximum Gasteiger partial charge on any atom is 0.305 e. The molecule has 0 heterocycles. The molecule has 0 aromatic rings. The number of nitrogens with one attached hydrogen (secondary N) is 1. The summed E-state index contributed by atoms with van der Waals surface area (Å²) < 4.78 is 5.49. The van der Waals surface area contributed by atoms with Crippen LogP contribution in [0.15, 0.2) is 24.3 Å². The Kier molecular flexibility index (Phi) is 68.4. The molecule has 2 atom stereocenters. The van der Waals surface area contributed by atoms with Crippen molar-refractivity contribution in [2.75, 3.05) is 13.2 Å². The average Bonchev–Trinajstić information content (AvgIpc) is 3.46. The van der Waals surface area contributed by atoms with Gasteiger partial charge in [-0.3, -0.25) is 9.59 Å². The van der Waals surface area contributed by atoms with Gasteiger partial charge in [-0.25, -0.2) is 0 Å². The Morgan fingerprint density at radius 3 is 0.887 bits per heavy atom. The van der Waals surface area contributed by atoms with Crippen LogP contribution in [0.2, 0.25) is 0 Å². The maximum absolute atomic E-state index is 12.5. The van der Waals surface area contributed by atoms with E-state index < -0.39 is 12.1 Å². The lowest BCUT2D eigenvalue weighted by Crippen LogP contribution is -2.45. The number of aliphatic hydroxyl groups excluding tert-OH is 2. The van der Waals surface area contributed by atoms with Crippen molar-refractivity contribution < 1.29 is 24.5 Å². The molecule has 80 heavy (non-hydrogen) atoms. The fraction of sp³-hybridized carbons (Fsp3) is 0.919. The zero-order valence-electron chi connectivity index (χ0n) is 54.3. The Bertz CT molecular complexity index is 1250. The fourth-order valence-corrected chi connectivity index (χ4v) is 11.6. The molecule has 0 aliphatic carbocycles. The van der Waals surface area contributed by atoms with Gasteiger partial charge in [0.15, 0.2) is 0 Å². The highest BCUT2D eigenvalue weighted by Crippen LogP contribution is 2.19. The summed E-state index contributed by atoms with van der Waals surface area (Å²) in [6.07, 6.45) is 88.4. The Morgan fingerprint density at radius 2 is 0.588 bits per heavy atom. The number of hydrogen-bond donors (Lipinski definition) is 3. The SMILES string of the molecule is CCCCCCC/C=C\CCCCCCCC(=O)OCCCCCCCCCCCCCCCCCCCCCCCCCCCCCCCCCC(=O)NC(CO)C(O)/C=C/CCCCCCCCCCCCCCCCCC. The number of ether oxygens (including phenoxy) is 1. The normalized spacial score (nSPS) is 12.6. The van der Waals surface area contributed by atoms with Crippen LogP contribution in [0.4, 0.5) is 0 Å². The van der Waals surface area contributed by atoms with E-state index in [0.717, 1.165) is 44.9 Å². The van der Waals surface area contributed by atoms with Crippen molar-refractivity contribution in [2.45, 2.75) is 424 Å². The zero-order valence-corrected chi connectivity index (χ0v) is 54.3. The molecule has 6 heteroatoms. The van der Waals surface area contributed by atoms with Crippen LogP contribution in [0, 0.1) is 0 Å². The summed E-state index contributed by atoms with van der Waals surface area (Å²) >= 11 is 0. The Balaban J connectivity index is 3.35. The first-order valence-corrected chi connectivity index (χ1v) is 36.6. The predicted molar refractivity (Wildman–Crippen MR) is 352 cm³/mol. The van der Waals surface area contributed by atoms with E-state index in [1.54, 1.807) is 6.08 Å². The van der Waals surface area contributed by atoms with Crippen LogP contribution in [0.1, 0.15) is 412 Å². The van der Waals surface area contributed by atoms with Crippen molar-refractivity contribution in [2.24, 2.45) is 0 Å². The molecule has 0 bridgehead atoms. The first kappa shape index (κ1) is 78.3.